The van der Waals surface area contributed by atoms with Gasteiger partial charge in [-0.3, -0.25) is 9.98 Å². The molecule has 0 amide bonds. The first kappa shape index (κ1) is 10.6. The van der Waals surface area contributed by atoms with Gasteiger partial charge in [0.05, 0.1) is 11.4 Å². The summed E-state index contributed by atoms with van der Waals surface area (Å²) in [6.07, 6.45) is 0. The van der Waals surface area contributed by atoms with Crippen LogP contribution in [0.4, 0.5) is 11.4 Å². The maximum absolute atomic E-state index is 3.76. The predicted octanol–water partition coefficient (Wildman–Crippen LogP) is 3.38. The van der Waals surface area contributed by atoms with Gasteiger partial charge in [-0.05, 0) is 25.6 Å². The van der Waals surface area contributed by atoms with E-state index in [1.807, 2.05) is 38.1 Å². The molecular weight excluding hydrogens is 148 g/mol. The van der Waals surface area contributed by atoms with Crippen LogP contribution < -0.4 is 0 Å². The van der Waals surface area contributed by atoms with Crippen molar-refractivity contribution in [2.75, 3.05) is 0 Å². The molecule has 0 aliphatic heterocycles. The van der Waals surface area contributed by atoms with E-state index in [0.717, 1.165) is 11.4 Å². The number of rotatable bonds is 2. The van der Waals surface area contributed by atoms with Crippen LogP contribution in [0.25, 0.3) is 0 Å². The molecular formula is C10H14N2. The Morgan fingerprint density at radius 2 is 1.25 bits per heavy atom. The van der Waals surface area contributed by atoms with E-state index in [1.165, 1.54) is 0 Å². The molecule has 0 bridgehead atoms. The molecule has 12 heavy (non-hydrogen) atoms. The summed E-state index contributed by atoms with van der Waals surface area (Å²) >= 11 is 0. The highest BCUT2D eigenvalue weighted by Crippen LogP contribution is 2.25. The zero-order valence-electron chi connectivity index (χ0n) is 7.62. The third-order valence-electron chi connectivity index (χ3n) is 1.22. The third kappa shape index (κ3) is 2.66. The van der Waals surface area contributed by atoms with Crippen molar-refractivity contribution in [3.8, 4) is 0 Å². The fraction of sp³-hybridized carbons (Fsp3) is 0.200. The van der Waals surface area contributed by atoms with Crippen molar-refractivity contribution in [2.45, 2.75) is 13.8 Å². The van der Waals surface area contributed by atoms with Crippen LogP contribution in [0.5, 0.6) is 0 Å². The lowest BCUT2D eigenvalue weighted by atomic mass is 10.3. The van der Waals surface area contributed by atoms with E-state index < -0.39 is 0 Å². The highest BCUT2D eigenvalue weighted by molar-refractivity contribution is 5.66. The van der Waals surface area contributed by atoms with Gasteiger partial charge in [-0.15, -0.1) is 0 Å². The standard InChI is InChI=1S/C8H8N2.C2H6/c1-9-7-5-3-4-6-8(7)10-2;1-2/h3-6H,1-2H2;1-2H3. The van der Waals surface area contributed by atoms with E-state index >= 15 is 0 Å². The molecule has 0 aliphatic rings. The lowest BCUT2D eigenvalue weighted by Gasteiger charge is -1.95. The number of aliphatic imine (C=N–C) groups is 2. The van der Waals surface area contributed by atoms with Crippen molar-refractivity contribution in [2.24, 2.45) is 9.98 Å². The fourth-order valence-corrected chi connectivity index (χ4v) is 0.732. The number of nitrogens with zero attached hydrogens (tertiary/aromatic N) is 2. The van der Waals surface area contributed by atoms with E-state index in [9.17, 15) is 0 Å². The summed E-state index contributed by atoms with van der Waals surface area (Å²) in [6.45, 7) is 10.8. The van der Waals surface area contributed by atoms with Crippen LogP contribution in [0.2, 0.25) is 0 Å². The maximum Gasteiger partial charge on any atom is 0.0878 e. The predicted molar refractivity (Wildman–Crippen MR) is 56.2 cm³/mol. The highest BCUT2D eigenvalue weighted by Gasteiger charge is 1.92. The van der Waals surface area contributed by atoms with E-state index in [2.05, 4.69) is 23.4 Å². The van der Waals surface area contributed by atoms with E-state index in [4.69, 9.17) is 0 Å². The molecule has 0 N–H and O–H groups in total. The Morgan fingerprint density at radius 1 is 0.917 bits per heavy atom. The zero-order chi connectivity index (χ0) is 9.40. The van der Waals surface area contributed by atoms with Gasteiger partial charge in [-0.2, -0.15) is 0 Å². The average Bonchev–Trinajstić information content (AvgIpc) is 2.20. The van der Waals surface area contributed by atoms with Gasteiger partial charge in [0.25, 0.3) is 0 Å². The Balaban J connectivity index is 0.000000561. The first-order chi connectivity index (χ1) is 5.88. The van der Waals surface area contributed by atoms with Gasteiger partial charge in [0, 0.05) is 0 Å². The first-order valence-corrected chi connectivity index (χ1v) is 3.91. The van der Waals surface area contributed by atoms with Crippen LogP contribution in [-0.4, -0.2) is 13.4 Å². The molecule has 0 saturated heterocycles. The Hall–Kier alpha value is -1.44. The summed E-state index contributed by atoms with van der Waals surface area (Å²) in [4.78, 5) is 7.52. The minimum absolute atomic E-state index is 0.775. The molecule has 0 aliphatic carbocycles. The largest absolute Gasteiger partial charge is 0.262 e. The van der Waals surface area contributed by atoms with E-state index in [0.29, 0.717) is 0 Å². The molecule has 1 rings (SSSR count). The highest BCUT2D eigenvalue weighted by atomic mass is 14.8. The molecule has 0 aromatic heterocycles. The molecule has 0 saturated carbocycles. The van der Waals surface area contributed by atoms with Crippen LogP contribution in [0, 0.1) is 0 Å². The van der Waals surface area contributed by atoms with Gasteiger partial charge in [0.15, 0.2) is 0 Å². The molecule has 0 heterocycles. The topological polar surface area (TPSA) is 24.7 Å². The molecule has 2 nitrogen and oxygen atoms in total. The van der Waals surface area contributed by atoms with E-state index in [1.54, 1.807) is 0 Å². The van der Waals surface area contributed by atoms with Crippen molar-refractivity contribution < 1.29 is 0 Å². The molecule has 64 valence electrons. The molecule has 1 aromatic rings. The average molecular weight is 162 g/mol. The van der Waals surface area contributed by atoms with Gasteiger partial charge in [-0.1, -0.05) is 26.0 Å². The zero-order valence-corrected chi connectivity index (χ0v) is 7.62. The van der Waals surface area contributed by atoms with Crippen molar-refractivity contribution in [3.63, 3.8) is 0 Å². The quantitative estimate of drug-likeness (QED) is 0.595. The lowest BCUT2D eigenvalue weighted by molar-refractivity contribution is 1.48. The van der Waals surface area contributed by atoms with Gasteiger partial charge >= 0.3 is 0 Å². The minimum atomic E-state index is 0.775. The Bertz CT molecular complexity index is 227. The van der Waals surface area contributed by atoms with Crippen LogP contribution in [0.15, 0.2) is 34.3 Å². The summed E-state index contributed by atoms with van der Waals surface area (Å²) in [6, 6.07) is 7.46. The monoisotopic (exact) mass is 162 g/mol. The van der Waals surface area contributed by atoms with Crippen LogP contribution in [0.1, 0.15) is 13.8 Å². The normalized spacial score (nSPS) is 7.83. The second kappa shape index (κ2) is 6.28. The molecule has 0 radical (unpaired) electrons. The number of para-hydroxylation sites is 2. The molecule has 1 aromatic carbocycles. The SMILES string of the molecule is C=Nc1ccccc1N=C.CC. The van der Waals surface area contributed by atoms with Crippen molar-refractivity contribution in [1.82, 2.24) is 0 Å². The van der Waals surface area contributed by atoms with Gasteiger partial charge < -0.3 is 0 Å². The molecule has 0 fully saturated rings. The second-order valence-electron chi connectivity index (χ2n) is 1.80. The number of benzene rings is 1. The van der Waals surface area contributed by atoms with Gasteiger partial charge in [-0.25, -0.2) is 0 Å². The Morgan fingerprint density at radius 3 is 1.50 bits per heavy atom. The Kier molecular flexibility index (Phi) is 5.53. The summed E-state index contributed by atoms with van der Waals surface area (Å²) in [5, 5.41) is 0. The van der Waals surface area contributed by atoms with Crippen LogP contribution in [-0.2, 0) is 0 Å². The maximum atomic E-state index is 3.76. The smallest absolute Gasteiger partial charge is 0.0878 e. The number of hydrogen-bond donors (Lipinski definition) is 0. The summed E-state index contributed by atoms with van der Waals surface area (Å²) < 4.78 is 0. The van der Waals surface area contributed by atoms with Crippen molar-refractivity contribution >= 4 is 24.8 Å². The molecule has 0 unspecified atom stereocenters. The molecule has 0 spiro atoms. The lowest BCUT2D eigenvalue weighted by Crippen LogP contribution is -1.64. The summed E-state index contributed by atoms with van der Waals surface area (Å²) in [7, 11) is 0. The molecule has 0 atom stereocenters. The van der Waals surface area contributed by atoms with Crippen molar-refractivity contribution in [1.29, 1.82) is 0 Å². The Labute approximate surface area is 73.7 Å². The van der Waals surface area contributed by atoms with Crippen LogP contribution >= 0.6 is 0 Å². The molecule has 2 heteroatoms. The second-order valence-corrected chi connectivity index (χ2v) is 1.80. The third-order valence-corrected chi connectivity index (χ3v) is 1.22. The van der Waals surface area contributed by atoms with Gasteiger partial charge in [0.1, 0.15) is 0 Å². The first-order valence-electron chi connectivity index (χ1n) is 3.91. The van der Waals surface area contributed by atoms with Gasteiger partial charge in [0.2, 0.25) is 0 Å². The van der Waals surface area contributed by atoms with E-state index in [-0.39, 0.29) is 0 Å². The van der Waals surface area contributed by atoms with Crippen molar-refractivity contribution in [3.05, 3.63) is 24.3 Å². The minimum Gasteiger partial charge on any atom is -0.262 e. The fourth-order valence-electron chi connectivity index (χ4n) is 0.732. The van der Waals surface area contributed by atoms with Crippen LogP contribution in [0.3, 0.4) is 0 Å². The summed E-state index contributed by atoms with van der Waals surface area (Å²) in [5.74, 6) is 0. The summed E-state index contributed by atoms with van der Waals surface area (Å²) in [5.41, 5.74) is 1.55. The number of hydrogen-bond acceptors (Lipinski definition) is 2.